The Morgan fingerprint density at radius 3 is 2.31 bits per heavy atom. The number of rotatable bonds is 4. The van der Waals surface area contributed by atoms with Gasteiger partial charge in [0.15, 0.2) is 0 Å². The van der Waals surface area contributed by atoms with E-state index in [9.17, 15) is 4.79 Å². The lowest BCUT2D eigenvalue weighted by Gasteiger charge is -2.21. The molecule has 0 spiro atoms. The van der Waals surface area contributed by atoms with Crippen LogP contribution < -0.4 is 5.32 Å². The Morgan fingerprint density at radius 1 is 1.31 bits per heavy atom. The fourth-order valence-corrected chi connectivity index (χ4v) is 1.71. The van der Waals surface area contributed by atoms with Gasteiger partial charge in [-0.25, -0.2) is 0 Å². The number of carbonyl (C=O) groups excluding carboxylic acids is 1. The van der Waals surface area contributed by atoms with Gasteiger partial charge >= 0.3 is 0 Å². The number of amides is 1. The van der Waals surface area contributed by atoms with Crippen molar-refractivity contribution >= 4 is 27.5 Å². The van der Waals surface area contributed by atoms with Crippen molar-refractivity contribution in [3.8, 4) is 0 Å². The van der Waals surface area contributed by atoms with Crippen molar-refractivity contribution in [2.24, 2.45) is 5.41 Å². The van der Waals surface area contributed by atoms with Gasteiger partial charge in [-0.3, -0.25) is 4.79 Å². The van der Waals surface area contributed by atoms with Crippen molar-refractivity contribution in [2.75, 3.05) is 10.6 Å². The predicted octanol–water partition coefficient (Wildman–Crippen LogP) is 3.61. The predicted molar refractivity (Wildman–Crippen MR) is 72.0 cm³/mol. The van der Waals surface area contributed by atoms with Crippen LogP contribution in [0.1, 0.15) is 26.3 Å². The van der Waals surface area contributed by atoms with Gasteiger partial charge in [-0.1, -0.05) is 41.9 Å². The average molecular weight is 284 g/mol. The first-order valence-corrected chi connectivity index (χ1v) is 6.47. The topological polar surface area (TPSA) is 29.1 Å². The molecule has 0 aliphatic carbocycles. The monoisotopic (exact) mass is 283 g/mol. The van der Waals surface area contributed by atoms with E-state index in [0.717, 1.165) is 17.4 Å². The van der Waals surface area contributed by atoms with Gasteiger partial charge in [-0.15, -0.1) is 0 Å². The van der Waals surface area contributed by atoms with E-state index in [0.29, 0.717) is 0 Å². The molecule has 1 amide bonds. The first-order chi connectivity index (χ1) is 7.43. The van der Waals surface area contributed by atoms with E-state index < -0.39 is 0 Å². The van der Waals surface area contributed by atoms with Crippen LogP contribution in [0.15, 0.2) is 24.3 Å². The molecule has 0 fully saturated rings. The molecule has 1 aromatic carbocycles. The van der Waals surface area contributed by atoms with Crippen LogP contribution in [0.25, 0.3) is 0 Å². The molecular weight excluding hydrogens is 266 g/mol. The summed E-state index contributed by atoms with van der Waals surface area (Å²) in [5.41, 5.74) is 2.40. The second kappa shape index (κ2) is 5.48. The highest BCUT2D eigenvalue weighted by Gasteiger charge is 2.16. The van der Waals surface area contributed by atoms with Crippen LogP contribution in [0.4, 0.5) is 5.69 Å². The maximum Gasteiger partial charge on any atom is 0.221 e. The molecule has 1 aromatic rings. The third-order valence-electron chi connectivity index (χ3n) is 2.32. The number of alkyl halides is 1. The molecule has 0 aromatic heterocycles. The van der Waals surface area contributed by atoms with Crippen molar-refractivity contribution in [2.45, 2.75) is 27.2 Å². The molecule has 0 aliphatic heterocycles. The SMILES string of the molecule is CC(=O)Nc1ccc(CC(C)(C)CBr)cc1. The number of halogens is 1. The highest BCUT2D eigenvalue weighted by Crippen LogP contribution is 2.24. The highest BCUT2D eigenvalue weighted by molar-refractivity contribution is 9.09. The van der Waals surface area contributed by atoms with Gasteiger partial charge in [0.25, 0.3) is 0 Å². The van der Waals surface area contributed by atoms with Gasteiger partial charge < -0.3 is 5.32 Å². The maximum atomic E-state index is 10.9. The molecule has 2 nitrogen and oxygen atoms in total. The molecular formula is C13H18BrNO. The largest absolute Gasteiger partial charge is 0.326 e. The van der Waals surface area contributed by atoms with Gasteiger partial charge in [0.05, 0.1) is 0 Å². The lowest BCUT2D eigenvalue weighted by Crippen LogP contribution is -2.16. The van der Waals surface area contributed by atoms with E-state index in [1.54, 1.807) is 0 Å². The molecule has 0 radical (unpaired) electrons. The van der Waals surface area contributed by atoms with E-state index >= 15 is 0 Å². The number of carbonyl (C=O) groups is 1. The van der Waals surface area contributed by atoms with E-state index in [1.807, 2.05) is 12.1 Å². The summed E-state index contributed by atoms with van der Waals surface area (Å²) in [6, 6.07) is 8.02. The molecule has 0 saturated carbocycles. The zero-order valence-corrected chi connectivity index (χ0v) is 11.6. The summed E-state index contributed by atoms with van der Waals surface area (Å²) in [4.78, 5) is 10.9. The highest BCUT2D eigenvalue weighted by atomic mass is 79.9. The maximum absolute atomic E-state index is 10.9. The Balaban J connectivity index is 2.68. The minimum atomic E-state index is -0.0338. The van der Waals surface area contributed by atoms with Gasteiger partial charge in [0, 0.05) is 17.9 Å². The summed E-state index contributed by atoms with van der Waals surface area (Å²) in [7, 11) is 0. The quantitative estimate of drug-likeness (QED) is 0.841. The molecule has 1 rings (SSSR count). The lowest BCUT2D eigenvalue weighted by molar-refractivity contribution is -0.114. The number of nitrogens with one attached hydrogen (secondary N) is 1. The summed E-state index contributed by atoms with van der Waals surface area (Å²) >= 11 is 3.52. The Hall–Kier alpha value is -0.830. The number of hydrogen-bond acceptors (Lipinski definition) is 1. The summed E-state index contributed by atoms with van der Waals surface area (Å²) in [5.74, 6) is -0.0338. The second-order valence-electron chi connectivity index (χ2n) is 4.85. The standard InChI is InChI=1S/C13H18BrNO/c1-10(16)15-12-6-4-11(5-7-12)8-13(2,3)9-14/h4-7H,8-9H2,1-3H3,(H,15,16). The summed E-state index contributed by atoms with van der Waals surface area (Å²) in [5, 5.41) is 3.74. The van der Waals surface area contributed by atoms with E-state index in [1.165, 1.54) is 12.5 Å². The minimum Gasteiger partial charge on any atom is -0.326 e. The molecule has 0 heterocycles. The van der Waals surface area contributed by atoms with E-state index in [4.69, 9.17) is 0 Å². The van der Waals surface area contributed by atoms with Crippen molar-refractivity contribution in [1.29, 1.82) is 0 Å². The first kappa shape index (κ1) is 13.2. The van der Waals surface area contributed by atoms with Crippen molar-refractivity contribution in [3.05, 3.63) is 29.8 Å². The zero-order valence-electron chi connectivity index (χ0n) is 10.0. The van der Waals surface area contributed by atoms with Crippen LogP contribution in [0.2, 0.25) is 0 Å². The van der Waals surface area contributed by atoms with E-state index in [2.05, 4.69) is 47.2 Å². The molecule has 0 bridgehead atoms. The normalized spacial score (nSPS) is 11.2. The lowest BCUT2D eigenvalue weighted by atomic mass is 9.88. The van der Waals surface area contributed by atoms with Crippen LogP contribution >= 0.6 is 15.9 Å². The molecule has 16 heavy (non-hydrogen) atoms. The minimum absolute atomic E-state index is 0.0338. The van der Waals surface area contributed by atoms with Gasteiger partial charge in [-0.05, 0) is 29.5 Å². The molecule has 1 N–H and O–H groups in total. The third kappa shape index (κ3) is 4.35. The second-order valence-corrected chi connectivity index (χ2v) is 5.41. The Bertz CT molecular complexity index is 357. The Labute approximate surface area is 106 Å². The van der Waals surface area contributed by atoms with Crippen molar-refractivity contribution < 1.29 is 4.79 Å². The smallest absolute Gasteiger partial charge is 0.221 e. The van der Waals surface area contributed by atoms with Crippen molar-refractivity contribution in [1.82, 2.24) is 0 Å². The molecule has 0 unspecified atom stereocenters. The average Bonchev–Trinajstić information content (AvgIpc) is 2.20. The van der Waals surface area contributed by atoms with Crippen LogP contribution in [0.5, 0.6) is 0 Å². The Morgan fingerprint density at radius 2 is 1.88 bits per heavy atom. The Kier molecular flexibility index (Phi) is 4.54. The molecule has 0 saturated heterocycles. The van der Waals surface area contributed by atoms with Crippen LogP contribution in [0, 0.1) is 5.41 Å². The fraction of sp³-hybridized carbons (Fsp3) is 0.462. The van der Waals surface area contributed by atoms with E-state index in [-0.39, 0.29) is 11.3 Å². The number of benzene rings is 1. The summed E-state index contributed by atoms with van der Waals surface area (Å²) in [6.07, 6.45) is 1.03. The summed E-state index contributed by atoms with van der Waals surface area (Å²) < 4.78 is 0. The van der Waals surface area contributed by atoms with Gasteiger partial charge in [0.1, 0.15) is 0 Å². The fourth-order valence-electron chi connectivity index (χ4n) is 1.51. The van der Waals surface area contributed by atoms with Crippen molar-refractivity contribution in [3.63, 3.8) is 0 Å². The number of hydrogen-bond donors (Lipinski definition) is 1. The summed E-state index contributed by atoms with van der Waals surface area (Å²) in [6.45, 7) is 5.97. The number of anilines is 1. The molecule has 88 valence electrons. The van der Waals surface area contributed by atoms with Crippen LogP contribution in [-0.4, -0.2) is 11.2 Å². The molecule has 0 atom stereocenters. The third-order valence-corrected chi connectivity index (χ3v) is 3.84. The molecule has 0 aliphatic rings. The molecule has 3 heteroatoms. The first-order valence-electron chi connectivity index (χ1n) is 5.35. The zero-order chi connectivity index (χ0) is 12.2. The van der Waals surface area contributed by atoms with Crippen LogP contribution in [-0.2, 0) is 11.2 Å². The van der Waals surface area contributed by atoms with Crippen LogP contribution in [0.3, 0.4) is 0 Å². The van der Waals surface area contributed by atoms with Gasteiger partial charge in [0.2, 0.25) is 5.91 Å². The van der Waals surface area contributed by atoms with Gasteiger partial charge in [-0.2, -0.15) is 0 Å².